The molecule has 0 unspecified atom stereocenters. The first-order chi connectivity index (χ1) is 17.2. The summed E-state index contributed by atoms with van der Waals surface area (Å²) in [5.41, 5.74) is 3.11. The third kappa shape index (κ3) is 5.50. The molecule has 2 heterocycles. The van der Waals surface area contributed by atoms with Crippen LogP contribution in [0.3, 0.4) is 0 Å². The topological polar surface area (TPSA) is 106 Å². The molecule has 0 saturated heterocycles. The Labute approximate surface area is 214 Å². The van der Waals surface area contributed by atoms with Gasteiger partial charge in [0.05, 0.1) is 30.1 Å². The molecule has 10 heteroatoms. The molecule has 0 radical (unpaired) electrons. The van der Waals surface area contributed by atoms with E-state index in [1.54, 1.807) is 24.1 Å². The van der Waals surface area contributed by atoms with Crippen LogP contribution in [-0.2, 0) is 10.2 Å². The van der Waals surface area contributed by atoms with E-state index in [4.69, 9.17) is 16.9 Å². The summed E-state index contributed by atoms with van der Waals surface area (Å²) in [4.78, 5) is 22.7. The van der Waals surface area contributed by atoms with Gasteiger partial charge in [-0.1, -0.05) is 37.6 Å². The Kier molecular flexibility index (Phi) is 7.27. The van der Waals surface area contributed by atoms with Crippen molar-refractivity contribution in [1.29, 1.82) is 5.26 Å². The van der Waals surface area contributed by atoms with Crippen LogP contribution >= 0.6 is 11.6 Å². The second kappa shape index (κ2) is 10.4. The van der Waals surface area contributed by atoms with Gasteiger partial charge < -0.3 is 20.9 Å². The number of rotatable bonds is 7. The van der Waals surface area contributed by atoms with Crippen LogP contribution in [0.25, 0.3) is 0 Å². The van der Waals surface area contributed by atoms with E-state index in [0.717, 1.165) is 17.7 Å². The van der Waals surface area contributed by atoms with E-state index in [-0.39, 0.29) is 33.8 Å². The van der Waals surface area contributed by atoms with E-state index >= 15 is 0 Å². The second-order valence-electron chi connectivity index (χ2n) is 9.30. The number of fused-ring (bicyclic) bond motifs is 1. The highest BCUT2D eigenvalue weighted by atomic mass is 35.5. The second-order valence-corrected chi connectivity index (χ2v) is 9.70. The molecule has 8 nitrogen and oxygen atoms in total. The fourth-order valence-corrected chi connectivity index (χ4v) is 4.28. The normalized spacial score (nSPS) is 14.2. The summed E-state index contributed by atoms with van der Waals surface area (Å²) >= 11 is 6.34. The predicted molar refractivity (Wildman–Crippen MR) is 141 cm³/mol. The van der Waals surface area contributed by atoms with Gasteiger partial charge in [-0.2, -0.15) is 10.2 Å². The number of amides is 1. The van der Waals surface area contributed by atoms with Crippen molar-refractivity contribution in [2.45, 2.75) is 38.5 Å². The highest BCUT2D eigenvalue weighted by molar-refractivity contribution is 6.33. The van der Waals surface area contributed by atoms with Crippen molar-refractivity contribution >= 4 is 52.0 Å². The predicted octanol–water partition coefficient (Wildman–Crippen LogP) is 6.12. The van der Waals surface area contributed by atoms with Crippen molar-refractivity contribution in [3.8, 4) is 6.07 Å². The van der Waals surface area contributed by atoms with Crippen LogP contribution < -0.4 is 20.9 Å². The number of carbonyl (C=O) groups is 1. The Morgan fingerprint density at radius 3 is 2.86 bits per heavy atom. The molecule has 0 aliphatic carbocycles. The summed E-state index contributed by atoms with van der Waals surface area (Å²) in [5.74, 6) is -0.0339. The van der Waals surface area contributed by atoms with Crippen molar-refractivity contribution < 1.29 is 9.18 Å². The zero-order valence-electron chi connectivity index (χ0n) is 20.3. The molecule has 4 rings (SSSR count). The molecule has 1 amide bonds. The minimum atomic E-state index is -0.482. The van der Waals surface area contributed by atoms with E-state index in [0.29, 0.717) is 30.8 Å². The number of hydrogen-bond donors (Lipinski definition) is 3. The first-order valence-corrected chi connectivity index (χ1v) is 11.9. The van der Waals surface area contributed by atoms with Crippen molar-refractivity contribution in [2.24, 2.45) is 0 Å². The third-order valence-electron chi connectivity index (χ3n) is 6.21. The van der Waals surface area contributed by atoms with Crippen LogP contribution in [-0.4, -0.2) is 29.5 Å². The summed E-state index contributed by atoms with van der Waals surface area (Å²) in [5, 5.41) is 18.2. The molecule has 0 atom stereocenters. The number of anilines is 6. The lowest BCUT2D eigenvalue weighted by atomic mass is 9.80. The average molecular weight is 508 g/mol. The minimum Gasteiger partial charge on any atom is -0.372 e. The van der Waals surface area contributed by atoms with Crippen LogP contribution in [0.1, 0.15) is 38.7 Å². The van der Waals surface area contributed by atoms with Gasteiger partial charge in [-0.3, -0.25) is 4.79 Å². The molecule has 3 aromatic rings. The number of nitrogens with zero attached hydrogens (tertiary/aromatic N) is 4. The molecular weight excluding hydrogens is 481 g/mol. The maximum absolute atomic E-state index is 14.8. The fourth-order valence-electron chi connectivity index (χ4n) is 4.14. The van der Waals surface area contributed by atoms with E-state index in [1.165, 1.54) is 12.3 Å². The molecule has 3 N–H and O–H groups in total. The Hall–Kier alpha value is -3.90. The van der Waals surface area contributed by atoms with Gasteiger partial charge in [0.15, 0.2) is 5.82 Å². The van der Waals surface area contributed by atoms with E-state index < -0.39 is 5.82 Å². The number of benzene rings is 2. The van der Waals surface area contributed by atoms with E-state index in [2.05, 4.69) is 45.8 Å². The molecule has 1 aliphatic rings. The highest BCUT2D eigenvalue weighted by Gasteiger charge is 2.28. The van der Waals surface area contributed by atoms with Crippen LogP contribution in [0.5, 0.6) is 0 Å². The van der Waals surface area contributed by atoms with Crippen LogP contribution in [0, 0.1) is 17.1 Å². The lowest BCUT2D eigenvalue weighted by Gasteiger charge is -2.25. The van der Waals surface area contributed by atoms with E-state index in [1.807, 2.05) is 18.2 Å². The Morgan fingerprint density at radius 1 is 1.28 bits per heavy atom. The molecule has 0 spiro atoms. The summed E-state index contributed by atoms with van der Waals surface area (Å²) in [6.45, 7) is 4.67. The molecule has 0 bridgehead atoms. The van der Waals surface area contributed by atoms with Crippen LogP contribution in [0.2, 0.25) is 5.02 Å². The highest BCUT2D eigenvalue weighted by Crippen LogP contribution is 2.38. The van der Waals surface area contributed by atoms with Gasteiger partial charge in [-0.05, 0) is 41.7 Å². The number of nitrogens with one attached hydrogen (secondary N) is 3. The van der Waals surface area contributed by atoms with E-state index in [9.17, 15) is 9.18 Å². The first-order valence-electron chi connectivity index (χ1n) is 11.6. The van der Waals surface area contributed by atoms with Gasteiger partial charge in [-0.25, -0.2) is 9.37 Å². The third-order valence-corrected chi connectivity index (χ3v) is 6.48. The molecule has 186 valence electrons. The molecule has 1 aliphatic heterocycles. The van der Waals surface area contributed by atoms with Gasteiger partial charge in [0.2, 0.25) is 11.9 Å². The molecule has 0 fully saturated rings. The summed E-state index contributed by atoms with van der Waals surface area (Å²) in [7, 11) is 1.78. The van der Waals surface area contributed by atoms with Crippen molar-refractivity contribution in [1.82, 2.24) is 9.97 Å². The minimum absolute atomic E-state index is 0.0198. The maximum atomic E-state index is 14.8. The Bertz CT molecular complexity index is 1340. The lowest BCUT2D eigenvalue weighted by molar-refractivity contribution is -0.116. The smallest absolute Gasteiger partial charge is 0.229 e. The van der Waals surface area contributed by atoms with Gasteiger partial charge in [0.25, 0.3) is 0 Å². The Morgan fingerprint density at radius 2 is 2.08 bits per heavy atom. The summed E-state index contributed by atoms with van der Waals surface area (Å²) < 4.78 is 14.8. The van der Waals surface area contributed by atoms with Gasteiger partial charge in [0, 0.05) is 31.4 Å². The summed E-state index contributed by atoms with van der Waals surface area (Å²) in [6.07, 6.45) is 2.95. The molecule has 1 aromatic heterocycles. The number of halogens is 2. The van der Waals surface area contributed by atoms with Gasteiger partial charge >= 0.3 is 0 Å². The number of hydrogen-bond acceptors (Lipinski definition) is 7. The van der Waals surface area contributed by atoms with Gasteiger partial charge in [-0.15, -0.1) is 0 Å². The van der Waals surface area contributed by atoms with Crippen molar-refractivity contribution in [2.75, 3.05) is 34.4 Å². The summed E-state index contributed by atoms with van der Waals surface area (Å²) in [6, 6.07) is 12.5. The average Bonchev–Trinajstić information content (AvgIpc) is 2.95. The number of para-hydroxylation sites is 1. The molecule has 2 aromatic carbocycles. The van der Waals surface area contributed by atoms with Crippen molar-refractivity contribution in [3.05, 3.63) is 59.0 Å². The quantitative estimate of drug-likeness (QED) is 0.354. The maximum Gasteiger partial charge on any atom is 0.229 e. The van der Waals surface area contributed by atoms with Gasteiger partial charge in [0.1, 0.15) is 10.8 Å². The van der Waals surface area contributed by atoms with Crippen LogP contribution in [0.4, 0.5) is 38.9 Å². The SMILES string of the molecule is CN(CCC#N)c1cccc(F)c1Nc1nc(Nc2ccc3c(c2)NC(=O)CCC3(C)C)ncc1Cl. The fraction of sp³-hybridized carbons (Fsp3) is 0.308. The largest absolute Gasteiger partial charge is 0.372 e. The first kappa shape index (κ1) is 25.2. The standard InChI is InChI=1S/C26H27ClFN7O/c1-26(2)11-10-22(36)32-20-14-16(8-9-17(20)26)31-25-30-15-18(27)24(34-25)33-23-19(28)6-4-7-21(23)35(3)13-5-12-29/h4,6-9,14-15H,5,10-11,13H2,1-3H3,(H,32,36)(H2,30,31,33,34). The molecule has 0 saturated carbocycles. The zero-order chi connectivity index (χ0) is 25.9. The number of nitriles is 1. The number of carbonyl (C=O) groups excluding carboxylic acids is 1. The zero-order valence-corrected chi connectivity index (χ0v) is 21.1. The molecule has 36 heavy (non-hydrogen) atoms. The monoisotopic (exact) mass is 507 g/mol. The number of aromatic nitrogens is 2. The van der Waals surface area contributed by atoms with Crippen LogP contribution in [0.15, 0.2) is 42.6 Å². The van der Waals surface area contributed by atoms with Crippen molar-refractivity contribution in [3.63, 3.8) is 0 Å². The lowest BCUT2D eigenvalue weighted by Crippen LogP contribution is -2.19. The Balaban J connectivity index is 1.61. The molecular formula is C26H27ClFN7O.